The molecule has 0 radical (unpaired) electrons. The molecule has 0 fully saturated rings. The van der Waals surface area contributed by atoms with Crippen LogP contribution in [0.5, 0.6) is 0 Å². The van der Waals surface area contributed by atoms with Crippen LogP contribution >= 0.6 is 0 Å². The Balaban J connectivity index is 0. The van der Waals surface area contributed by atoms with Crippen molar-refractivity contribution in [1.29, 1.82) is 0 Å². The van der Waals surface area contributed by atoms with Crippen LogP contribution in [0.2, 0.25) is 0 Å². The first kappa shape index (κ1) is 18.9. The zero-order valence-corrected chi connectivity index (χ0v) is 9.44. The van der Waals surface area contributed by atoms with Crippen LogP contribution in [0, 0.1) is 0 Å². The molecule has 0 aliphatic heterocycles. The minimum absolute atomic E-state index is 0. The fourth-order valence-electron chi connectivity index (χ4n) is 0.768. The molecule has 0 amide bonds. The van der Waals surface area contributed by atoms with Gasteiger partial charge in [-0.3, -0.25) is 0 Å². The zero-order chi connectivity index (χ0) is 12.6. The summed E-state index contributed by atoms with van der Waals surface area (Å²) in [5.41, 5.74) is 2.46. The van der Waals surface area contributed by atoms with Crippen molar-refractivity contribution in [2.24, 2.45) is 0 Å². The fraction of sp³-hybridized carbons (Fsp3) is 0.0714. The Bertz CT molecular complexity index is 352. The van der Waals surface area contributed by atoms with Gasteiger partial charge in [0.25, 0.3) is 0 Å². The van der Waals surface area contributed by atoms with E-state index in [0.717, 1.165) is 11.1 Å². The van der Waals surface area contributed by atoms with Gasteiger partial charge in [-0.15, -0.1) is 0 Å². The third-order valence-electron chi connectivity index (χ3n) is 1.77. The molecule has 0 spiro atoms. The SMILES string of the molecule is C=C(C)C(=O)O.C=Cc1ccc(C=C)cc1.[KH]. The third kappa shape index (κ3) is 9.27. The Kier molecular flexibility index (Phi) is 11.9. The van der Waals surface area contributed by atoms with E-state index >= 15 is 0 Å². The Morgan fingerprint density at radius 3 is 1.47 bits per heavy atom. The van der Waals surface area contributed by atoms with E-state index in [1.165, 1.54) is 6.92 Å². The van der Waals surface area contributed by atoms with E-state index in [9.17, 15) is 4.79 Å². The summed E-state index contributed by atoms with van der Waals surface area (Å²) in [6.45, 7) is 11.9. The first-order valence-corrected chi connectivity index (χ1v) is 4.75. The molecule has 17 heavy (non-hydrogen) atoms. The van der Waals surface area contributed by atoms with Crippen LogP contribution in [-0.2, 0) is 4.79 Å². The second-order valence-electron chi connectivity index (χ2n) is 3.16. The third-order valence-corrected chi connectivity index (χ3v) is 1.77. The molecular weight excluding hydrogens is 239 g/mol. The second-order valence-corrected chi connectivity index (χ2v) is 3.16. The molecule has 0 bridgehead atoms. The van der Waals surface area contributed by atoms with Gasteiger partial charge in [-0.2, -0.15) is 0 Å². The van der Waals surface area contributed by atoms with E-state index < -0.39 is 5.97 Å². The van der Waals surface area contributed by atoms with Gasteiger partial charge < -0.3 is 5.11 Å². The van der Waals surface area contributed by atoms with E-state index in [4.69, 9.17) is 5.11 Å². The van der Waals surface area contributed by atoms with Crippen LogP contribution in [-0.4, -0.2) is 62.5 Å². The average Bonchev–Trinajstić information content (AvgIpc) is 2.30. The summed E-state index contributed by atoms with van der Waals surface area (Å²) < 4.78 is 0. The molecule has 1 N–H and O–H groups in total. The number of benzene rings is 1. The number of carboxylic acids is 1. The van der Waals surface area contributed by atoms with Gasteiger partial charge in [0, 0.05) is 5.57 Å². The second kappa shape index (κ2) is 10.7. The molecule has 1 aromatic carbocycles. The van der Waals surface area contributed by atoms with Gasteiger partial charge in [0.2, 0.25) is 0 Å². The Labute approximate surface area is 145 Å². The number of hydrogen-bond donors (Lipinski definition) is 1. The summed E-state index contributed by atoms with van der Waals surface area (Å²) in [7, 11) is 0. The molecule has 0 heterocycles. The normalized spacial score (nSPS) is 7.82. The van der Waals surface area contributed by atoms with E-state index in [0.29, 0.717) is 0 Å². The maximum absolute atomic E-state index is 9.60. The van der Waals surface area contributed by atoms with Crippen LogP contribution in [0.4, 0.5) is 0 Å². The van der Waals surface area contributed by atoms with Gasteiger partial charge in [-0.05, 0) is 18.1 Å². The standard InChI is InChI=1S/C10H10.C4H6O2.K.H/c1-3-9-5-7-10(4-2)8-6-9;1-3(2)4(5)6;;/h3-8H,1-2H2;1H2,2H3,(H,5,6);;. The van der Waals surface area contributed by atoms with E-state index in [2.05, 4.69) is 19.7 Å². The Morgan fingerprint density at radius 1 is 1.12 bits per heavy atom. The topological polar surface area (TPSA) is 37.3 Å². The average molecular weight is 256 g/mol. The number of carboxylic acid groups (broad SMARTS) is 1. The molecule has 2 nitrogen and oxygen atoms in total. The zero-order valence-electron chi connectivity index (χ0n) is 9.44. The number of rotatable bonds is 3. The van der Waals surface area contributed by atoms with Gasteiger partial charge in [0.05, 0.1) is 0 Å². The molecule has 0 aliphatic carbocycles. The predicted molar refractivity (Wildman–Crippen MR) is 76.2 cm³/mol. The minimum atomic E-state index is -0.935. The number of aliphatic carboxylic acids is 1. The number of carbonyl (C=O) groups is 1. The van der Waals surface area contributed by atoms with Crippen molar-refractivity contribution in [2.45, 2.75) is 6.92 Å². The first-order chi connectivity index (χ1) is 7.51. The maximum atomic E-state index is 9.60. The van der Waals surface area contributed by atoms with Crippen LogP contribution < -0.4 is 0 Å². The van der Waals surface area contributed by atoms with Crippen molar-refractivity contribution in [3.63, 3.8) is 0 Å². The summed E-state index contributed by atoms with van der Waals surface area (Å²) in [6.07, 6.45) is 3.65. The van der Waals surface area contributed by atoms with E-state index in [-0.39, 0.29) is 57.0 Å². The number of hydrogen-bond acceptors (Lipinski definition) is 1. The van der Waals surface area contributed by atoms with E-state index in [1.807, 2.05) is 36.4 Å². The molecule has 0 aromatic heterocycles. The molecule has 0 saturated carbocycles. The van der Waals surface area contributed by atoms with Crippen molar-refractivity contribution >= 4 is 69.5 Å². The molecular formula is C14H17KO2. The summed E-state index contributed by atoms with van der Waals surface area (Å²) in [6, 6.07) is 8.07. The van der Waals surface area contributed by atoms with Crippen molar-refractivity contribution in [3.8, 4) is 0 Å². The van der Waals surface area contributed by atoms with Crippen LogP contribution in [0.3, 0.4) is 0 Å². The summed E-state index contributed by atoms with van der Waals surface area (Å²) in [4.78, 5) is 9.60. The molecule has 0 unspecified atom stereocenters. The quantitative estimate of drug-likeness (QED) is 0.667. The predicted octanol–water partition coefficient (Wildman–Crippen LogP) is 2.97. The van der Waals surface area contributed by atoms with Crippen LogP contribution in [0.15, 0.2) is 49.6 Å². The molecule has 3 heteroatoms. The van der Waals surface area contributed by atoms with Crippen molar-refractivity contribution in [2.75, 3.05) is 0 Å². The van der Waals surface area contributed by atoms with Crippen molar-refractivity contribution in [1.82, 2.24) is 0 Å². The monoisotopic (exact) mass is 256 g/mol. The Morgan fingerprint density at radius 2 is 1.35 bits per heavy atom. The van der Waals surface area contributed by atoms with Crippen LogP contribution in [0.1, 0.15) is 18.1 Å². The van der Waals surface area contributed by atoms with E-state index in [1.54, 1.807) is 0 Å². The van der Waals surface area contributed by atoms with Crippen molar-refractivity contribution < 1.29 is 9.90 Å². The fourth-order valence-corrected chi connectivity index (χ4v) is 0.768. The summed E-state index contributed by atoms with van der Waals surface area (Å²) >= 11 is 0. The van der Waals surface area contributed by atoms with Crippen molar-refractivity contribution in [3.05, 3.63) is 60.7 Å². The molecule has 86 valence electrons. The Hall–Kier alpha value is -0.454. The van der Waals surface area contributed by atoms with Gasteiger partial charge in [-0.25, -0.2) is 4.79 Å². The molecule has 0 atom stereocenters. The summed E-state index contributed by atoms with van der Waals surface area (Å²) in [5.74, 6) is -0.935. The molecule has 0 aliphatic rings. The van der Waals surface area contributed by atoms with Gasteiger partial charge >= 0.3 is 57.4 Å². The van der Waals surface area contributed by atoms with Gasteiger partial charge in [0.15, 0.2) is 0 Å². The van der Waals surface area contributed by atoms with Gasteiger partial charge in [-0.1, -0.05) is 56.2 Å². The molecule has 0 saturated heterocycles. The molecule has 1 rings (SSSR count). The summed E-state index contributed by atoms with van der Waals surface area (Å²) in [5, 5.41) is 7.89. The van der Waals surface area contributed by atoms with Gasteiger partial charge in [0.1, 0.15) is 0 Å². The molecule has 1 aromatic rings. The van der Waals surface area contributed by atoms with Crippen LogP contribution in [0.25, 0.3) is 12.2 Å². The first-order valence-electron chi connectivity index (χ1n) is 4.75.